The molecule has 18 heavy (non-hydrogen) atoms. The van der Waals surface area contributed by atoms with Crippen LogP contribution in [0.2, 0.25) is 0 Å². The van der Waals surface area contributed by atoms with Crippen LogP contribution in [0, 0.1) is 0 Å². The second-order valence-corrected chi connectivity index (χ2v) is 3.51. The number of ketones is 1. The number of allylic oxidation sites excluding steroid dienone is 1. The van der Waals surface area contributed by atoms with Crippen molar-refractivity contribution in [3.8, 4) is 0 Å². The molecule has 5 heteroatoms. The van der Waals surface area contributed by atoms with Crippen molar-refractivity contribution in [2.24, 2.45) is 10.1 Å². The Hall–Kier alpha value is -2.43. The molecule has 0 aliphatic carbocycles. The molecule has 92 valence electrons. The molecular weight excluding hydrogens is 232 g/mol. The topological polar surface area (TPSA) is 60.2 Å². The first-order valence-corrected chi connectivity index (χ1v) is 5.32. The van der Waals surface area contributed by atoms with Crippen LogP contribution in [0.1, 0.15) is 5.56 Å². The average Bonchev–Trinajstić information content (AvgIpc) is 2.69. The number of aliphatic imine (C=N–C) groups is 1. The van der Waals surface area contributed by atoms with Crippen molar-refractivity contribution in [1.29, 1.82) is 0 Å². The Morgan fingerprint density at radius 1 is 1.22 bits per heavy atom. The number of methoxy groups -OCH3 is 1. The molecule has 1 aliphatic rings. The van der Waals surface area contributed by atoms with Gasteiger partial charge in [0, 0.05) is 0 Å². The Bertz CT molecular complexity index is 545. The SMILES string of the molecule is CO/N=C1/C(=O)/C(=C/c2ccccc2)N=C1OC. The average molecular weight is 244 g/mol. The molecule has 0 N–H and O–H groups in total. The highest BCUT2D eigenvalue weighted by molar-refractivity contribution is 6.71. The highest BCUT2D eigenvalue weighted by Crippen LogP contribution is 2.16. The maximum atomic E-state index is 12.0. The first-order valence-electron chi connectivity index (χ1n) is 5.32. The van der Waals surface area contributed by atoms with E-state index in [4.69, 9.17) is 4.74 Å². The van der Waals surface area contributed by atoms with Crippen LogP contribution in [0.4, 0.5) is 0 Å². The molecule has 0 spiro atoms. The molecule has 0 bridgehead atoms. The minimum atomic E-state index is -0.308. The summed E-state index contributed by atoms with van der Waals surface area (Å²) in [6, 6.07) is 9.44. The first kappa shape index (κ1) is 12.0. The summed E-state index contributed by atoms with van der Waals surface area (Å²) in [7, 11) is 2.80. The van der Waals surface area contributed by atoms with Gasteiger partial charge in [-0.1, -0.05) is 35.5 Å². The molecular formula is C13H12N2O3. The van der Waals surface area contributed by atoms with Crippen molar-refractivity contribution >= 4 is 23.5 Å². The largest absolute Gasteiger partial charge is 0.479 e. The van der Waals surface area contributed by atoms with Gasteiger partial charge in [0.2, 0.25) is 17.4 Å². The molecule has 2 rings (SSSR count). The molecule has 1 aromatic carbocycles. The summed E-state index contributed by atoms with van der Waals surface area (Å²) < 4.78 is 4.99. The van der Waals surface area contributed by atoms with E-state index in [1.165, 1.54) is 14.2 Å². The molecule has 0 unspecified atom stereocenters. The standard InChI is InChI=1S/C13H12N2O3/c1-17-13-11(15-18-2)12(16)10(14-13)8-9-6-4-3-5-7-9/h3-8H,1-2H3/b10-8-,15-11-. The lowest BCUT2D eigenvalue weighted by molar-refractivity contribution is -0.109. The third-order valence-electron chi connectivity index (χ3n) is 2.35. The van der Waals surface area contributed by atoms with Gasteiger partial charge in [-0.2, -0.15) is 0 Å². The van der Waals surface area contributed by atoms with Crippen LogP contribution in [0.5, 0.6) is 0 Å². The van der Waals surface area contributed by atoms with Crippen LogP contribution < -0.4 is 0 Å². The predicted octanol–water partition coefficient (Wildman–Crippen LogP) is 1.66. The van der Waals surface area contributed by atoms with Crippen molar-refractivity contribution in [2.75, 3.05) is 14.2 Å². The normalized spacial score (nSPS) is 19.2. The van der Waals surface area contributed by atoms with Crippen molar-refractivity contribution in [3.05, 3.63) is 41.6 Å². The first-order chi connectivity index (χ1) is 8.76. The van der Waals surface area contributed by atoms with E-state index in [0.717, 1.165) is 5.56 Å². The Kier molecular flexibility index (Phi) is 3.52. The smallest absolute Gasteiger partial charge is 0.248 e. The summed E-state index contributed by atoms with van der Waals surface area (Å²) in [5, 5.41) is 3.62. The number of ether oxygens (including phenoxy) is 1. The van der Waals surface area contributed by atoms with Gasteiger partial charge in [0.05, 0.1) is 7.11 Å². The summed E-state index contributed by atoms with van der Waals surface area (Å²) in [6.07, 6.45) is 1.68. The van der Waals surface area contributed by atoms with Crippen LogP contribution in [-0.2, 0) is 14.4 Å². The Labute approximate surface area is 104 Å². The highest BCUT2D eigenvalue weighted by Gasteiger charge is 2.31. The Balaban J connectivity index is 2.37. The summed E-state index contributed by atoms with van der Waals surface area (Å²) in [4.78, 5) is 20.7. The number of rotatable bonds is 2. The maximum Gasteiger partial charge on any atom is 0.248 e. The maximum absolute atomic E-state index is 12.0. The van der Waals surface area contributed by atoms with E-state index in [-0.39, 0.29) is 23.1 Å². The molecule has 1 aromatic rings. The van der Waals surface area contributed by atoms with E-state index in [0.29, 0.717) is 0 Å². The number of oxime groups is 1. The fraction of sp³-hybridized carbons (Fsp3) is 0.154. The number of hydrogen-bond acceptors (Lipinski definition) is 5. The molecule has 0 saturated carbocycles. The van der Waals surface area contributed by atoms with E-state index in [2.05, 4.69) is 15.0 Å². The lowest BCUT2D eigenvalue weighted by atomic mass is 10.1. The van der Waals surface area contributed by atoms with E-state index in [1.807, 2.05) is 30.3 Å². The van der Waals surface area contributed by atoms with E-state index in [1.54, 1.807) is 6.08 Å². The zero-order valence-electron chi connectivity index (χ0n) is 10.1. The summed E-state index contributed by atoms with van der Waals surface area (Å²) in [6.45, 7) is 0. The van der Waals surface area contributed by atoms with Gasteiger partial charge in [-0.25, -0.2) is 4.99 Å². The van der Waals surface area contributed by atoms with E-state index < -0.39 is 0 Å². The molecule has 0 atom stereocenters. The molecule has 0 amide bonds. The molecule has 1 heterocycles. The summed E-state index contributed by atoms with van der Waals surface area (Å²) in [5.41, 5.74) is 1.26. The van der Waals surface area contributed by atoms with E-state index in [9.17, 15) is 4.79 Å². The molecule has 0 saturated heterocycles. The third kappa shape index (κ3) is 2.29. The van der Waals surface area contributed by atoms with Gasteiger partial charge in [-0.15, -0.1) is 0 Å². The Morgan fingerprint density at radius 3 is 2.56 bits per heavy atom. The lowest BCUT2D eigenvalue weighted by Gasteiger charge is -1.96. The van der Waals surface area contributed by atoms with Gasteiger partial charge < -0.3 is 9.57 Å². The van der Waals surface area contributed by atoms with Gasteiger partial charge in [0.1, 0.15) is 12.8 Å². The summed E-state index contributed by atoms with van der Waals surface area (Å²) in [5.74, 6) is -0.137. The number of carbonyl (C=O) groups excluding carboxylic acids is 1. The molecule has 1 aliphatic heterocycles. The van der Waals surface area contributed by atoms with Crippen molar-refractivity contribution in [2.45, 2.75) is 0 Å². The number of nitrogens with zero attached hydrogens (tertiary/aromatic N) is 2. The van der Waals surface area contributed by atoms with Gasteiger partial charge in [0.15, 0.2) is 0 Å². The van der Waals surface area contributed by atoms with Gasteiger partial charge in [-0.05, 0) is 11.6 Å². The zero-order chi connectivity index (χ0) is 13.0. The van der Waals surface area contributed by atoms with Crippen molar-refractivity contribution in [1.82, 2.24) is 0 Å². The van der Waals surface area contributed by atoms with Crippen LogP contribution in [0.3, 0.4) is 0 Å². The minimum absolute atomic E-state index is 0.0854. The molecule has 0 fully saturated rings. The second-order valence-electron chi connectivity index (χ2n) is 3.51. The number of benzene rings is 1. The van der Waals surface area contributed by atoms with Crippen LogP contribution >= 0.6 is 0 Å². The van der Waals surface area contributed by atoms with Gasteiger partial charge >= 0.3 is 0 Å². The summed E-state index contributed by atoms with van der Waals surface area (Å²) >= 11 is 0. The van der Waals surface area contributed by atoms with Gasteiger partial charge in [0.25, 0.3) is 0 Å². The van der Waals surface area contributed by atoms with E-state index >= 15 is 0 Å². The quantitative estimate of drug-likeness (QED) is 0.587. The zero-order valence-corrected chi connectivity index (χ0v) is 10.1. The third-order valence-corrected chi connectivity index (χ3v) is 2.35. The van der Waals surface area contributed by atoms with Crippen molar-refractivity contribution in [3.63, 3.8) is 0 Å². The van der Waals surface area contributed by atoms with Crippen molar-refractivity contribution < 1.29 is 14.4 Å². The number of hydrogen-bond donors (Lipinski definition) is 0. The van der Waals surface area contributed by atoms with Gasteiger partial charge in [-0.3, -0.25) is 4.79 Å². The predicted molar refractivity (Wildman–Crippen MR) is 68.3 cm³/mol. The monoisotopic (exact) mass is 244 g/mol. The number of carbonyl (C=O) groups is 1. The number of Topliss-reactive ketones (excluding diaryl/α,β-unsaturated/α-hetero) is 1. The molecule has 5 nitrogen and oxygen atoms in total. The Morgan fingerprint density at radius 2 is 1.94 bits per heavy atom. The highest BCUT2D eigenvalue weighted by atomic mass is 16.6. The van der Waals surface area contributed by atoms with Crippen LogP contribution in [0.25, 0.3) is 6.08 Å². The fourth-order valence-electron chi connectivity index (χ4n) is 1.55. The van der Waals surface area contributed by atoms with Crippen LogP contribution in [-0.4, -0.2) is 31.6 Å². The lowest BCUT2D eigenvalue weighted by Crippen LogP contribution is -2.19. The van der Waals surface area contributed by atoms with Crippen LogP contribution in [0.15, 0.2) is 46.2 Å². The second kappa shape index (κ2) is 5.27. The fourth-order valence-corrected chi connectivity index (χ4v) is 1.55. The molecule has 0 radical (unpaired) electrons. The minimum Gasteiger partial charge on any atom is -0.479 e. The molecule has 0 aromatic heterocycles.